The molecule has 0 aliphatic rings. The van der Waals surface area contributed by atoms with E-state index in [1.807, 2.05) is 0 Å². The van der Waals surface area contributed by atoms with Crippen LogP contribution in [0, 0.1) is 0 Å². The zero-order valence-electron chi connectivity index (χ0n) is 8.43. The Morgan fingerprint density at radius 1 is 1.14 bits per heavy atom. The highest BCUT2D eigenvalue weighted by Gasteiger charge is 2.25. The van der Waals surface area contributed by atoms with Crippen LogP contribution in [0.2, 0.25) is 0 Å². The molecule has 0 aromatic heterocycles. The second-order valence-corrected chi connectivity index (χ2v) is 6.04. The maximum atomic E-state index is 11.6. The van der Waals surface area contributed by atoms with E-state index in [-0.39, 0.29) is 13.2 Å². The van der Waals surface area contributed by atoms with E-state index < -0.39 is 24.1 Å². The lowest BCUT2D eigenvalue weighted by atomic mass is 10.9. The monoisotopic (exact) mass is 246 g/mol. The molecule has 86 valence electrons. The highest BCUT2D eigenvalue weighted by Crippen LogP contribution is 2.48. The second-order valence-electron chi connectivity index (χ2n) is 2.40. The van der Waals surface area contributed by atoms with Gasteiger partial charge in [0.15, 0.2) is 6.35 Å². The summed E-state index contributed by atoms with van der Waals surface area (Å²) >= 11 is 0. The van der Waals surface area contributed by atoms with Crippen molar-refractivity contribution in [2.75, 3.05) is 25.8 Å². The summed E-state index contributed by atoms with van der Waals surface area (Å²) in [7, 11) is -7.04. The Hall–Kier alpha value is 0.0600. The van der Waals surface area contributed by atoms with Crippen molar-refractivity contribution < 1.29 is 26.2 Å². The molecule has 0 rings (SSSR count). The minimum absolute atomic E-state index is 0.171. The van der Waals surface area contributed by atoms with Gasteiger partial charge < -0.3 is 9.05 Å². The molecule has 0 saturated heterocycles. The molecule has 0 atom stereocenters. The van der Waals surface area contributed by atoms with Crippen LogP contribution in [-0.2, 0) is 27.9 Å². The molecule has 0 N–H and O–H groups in total. The van der Waals surface area contributed by atoms with Crippen LogP contribution < -0.4 is 0 Å². The molecule has 0 spiro atoms. The van der Waals surface area contributed by atoms with E-state index in [0.29, 0.717) is 0 Å². The Morgan fingerprint density at radius 3 is 1.86 bits per heavy atom. The smallest absolute Gasteiger partial charge is 0.307 e. The minimum atomic E-state index is -3.63. The van der Waals surface area contributed by atoms with Crippen LogP contribution in [0.1, 0.15) is 13.8 Å². The largest absolute Gasteiger partial charge is 0.357 e. The molecule has 0 radical (unpaired) electrons. The summed E-state index contributed by atoms with van der Waals surface area (Å²) in [4.78, 5) is 0. The predicted molar refractivity (Wildman–Crippen MR) is 51.7 cm³/mol. The second kappa shape index (κ2) is 5.82. The van der Waals surface area contributed by atoms with Crippen molar-refractivity contribution in [1.82, 2.24) is 0 Å². The maximum absolute atomic E-state index is 11.6. The lowest BCUT2D eigenvalue weighted by molar-refractivity contribution is 0.198. The molecule has 0 aliphatic heterocycles. The summed E-state index contributed by atoms with van der Waals surface area (Å²) in [6.07, 6.45) is 0.294. The first-order valence-electron chi connectivity index (χ1n) is 4.05. The van der Waals surface area contributed by atoms with E-state index in [1.165, 1.54) is 0 Å². The van der Waals surface area contributed by atoms with Gasteiger partial charge in [-0.25, -0.2) is 0 Å². The van der Waals surface area contributed by atoms with E-state index in [0.717, 1.165) is 6.26 Å². The molecule has 0 amide bonds. The number of hydrogen-bond acceptors (Lipinski definition) is 6. The fourth-order valence-corrected chi connectivity index (χ4v) is 2.96. The Kier molecular flexibility index (Phi) is 5.85. The van der Waals surface area contributed by atoms with Gasteiger partial charge in [0.05, 0.1) is 19.5 Å². The molecule has 0 fully saturated rings. The van der Waals surface area contributed by atoms with Crippen LogP contribution in [0.3, 0.4) is 0 Å². The van der Waals surface area contributed by atoms with Gasteiger partial charge >= 0.3 is 7.60 Å². The molecule has 6 nitrogen and oxygen atoms in total. The van der Waals surface area contributed by atoms with Gasteiger partial charge in [0.25, 0.3) is 10.1 Å². The van der Waals surface area contributed by atoms with E-state index in [2.05, 4.69) is 4.18 Å². The Bertz CT molecular complexity index is 287. The van der Waals surface area contributed by atoms with Crippen molar-refractivity contribution in [1.29, 1.82) is 0 Å². The van der Waals surface area contributed by atoms with Gasteiger partial charge in [0.1, 0.15) is 0 Å². The van der Waals surface area contributed by atoms with Gasteiger partial charge in [0.2, 0.25) is 0 Å². The fraction of sp³-hybridized carbons (Fsp3) is 1.00. The molecule has 0 aromatic rings. The Morgan fingerprint density at radius 2 is 1.57 bits per heavy atom. The van der Waals surface area contributed by atoms with E-state index in [4.69, 9.17) is 9.05 Å². The summed E-state index contributed by atoms with van der Waals surface area (Å²) < 4.78 is 46.9. The third-order valence-electron chi connectivity index (χ3n) is 1.08. The zero-order valence-corrected chi connectivity index (χ0v) is 10.1. The van der Waals surface area contributed by atoms with Crippen LogP contribution in [0.5, 0.6) is 0 Å². The van der Waals surface area contributed by atoms with Crippen molar-refractivity contribution in [3.63, 3.8) is 0 Å². The molecular weight excluding hydrogens is 231 g/mol. The molecule has 0 bridgehead atoms. The zero-order chi connectivity index (χ0) is 11.2. The van der Waals surface area contributed by atoms with Crippen LogP contribution in [0.15, 0.2) is 0 Å². The van der Waals surface area contributed by atoms with Crippen LogP contribution in [0.4, 0.5) is 0 Å². The Balaban J connectivity index is 4.30. The third kappa shape index (κ3) is 6.50. The van der Waals surface area contributed by atoms with E-state index in [9.17, 15) is 13.0 Å². The van der Waals surface area contributed by atoms with Gasteiger partial charge in [-0.3, -0.25) is 8.75 Å². The van der Waals surface area contributed by atoms with Crippen LogP contribution in [0.25, 0.3) is 0 Å². The standard InChI is InChI=1S/C6H15O6PS/c1-4-10-13(7,11-5-2)6-12-14(3,8)9/h4-6H2,1-3H3. The van der Waals surface area contributed by atoms with Gasteiger partial charge in [-0.2, -0.15) is 8.42 Å². The predicted octanol–water partition coefficient (Wildman–Crippen LogP) is 1.19. The van der Waals surface area contributed by atoms with Crippen LogP contribution >= 0.6 is 7.60 Å². The van der Waals surface area contributed by atoms with Gasteiger partial charge in [0, 0.05) is 0 Å². The lowest BCUT2D eigenvalue weighted by Gasteiger charge is -2.15. The molecule has 0 heterocycles. The molecule has 0 saturated carbocycles. The van der Waals surface area contributed by atoms with Crippen molar-refractivity contribution in [2.24, 2.45) is 0 Å². The quantitative estimate of drug-likeness (QED) is 0.496. The number of rotatable bonds is 7. The summed E-state index contributed by atoms with van der Waals surface area (Å²) in [5.74, 6) is 0. The topological polar surface area (TPSA) is 78.9 Å². The fourth-order valence-electron chi connectivity index (χ4n) is 0.665. The molecule has 8 heteroatoms. The normalized spacial score (nSPS) is 13.1. The van der Waals surface area contributed by atoms with Gasteiger partial charge in [-0.05, 0) is 13.8 Å². The highest BCUT2D eigenvalue weighted by atomic mass is 32.2. The lowest BCUT2D eigenvalue weighted by Crippen LogP contribution is -2.08. The van der Waals surface area contributed by atoms with Crippen molar-refractivity contribution in [2.45, 2.75) is 13.8 Å². The third-order valence-corrected chi connectivity index (χ3v) is 3.55. The molecule has 0 unspecified atom stereocenters. The highest BCUT2D eigenvalue weighted by molar-refractivity contribution is 7.86. The maximum Gasteiger partial charge on any atom is 0.357 e. The molecule has 0 aliphatic carbocycles. The van der Waals surface area contributed by atoms with E-state index >= 15 is 0 Å². The average molecular weight is 246 g/mol. The number of hydrogen-bond donors (Lipinski definition) is 0. The first kappa shape index (κ1) is 14.1. The summed E-state index contributed by atoms with van der Waals surface area (Å²) in [5, 5.41) is 0. The SMILES string of the molecule is CCOP(=O)(COS(C)(=O)=O)OCC. The van der Waals surface area contributed by atoms with Gasteiger partial charge in [-0.15, -0.1) is 0 Å². The van der Waals surface area contributed by atoms with Crippen molar-refractivity contribution in [3.8, 4) is 0 Å². The van der Waals surface area contributed by atoms with E-state index in [1.54, 1.807) is 13.8 Å². The summed E-state index contributed by atoms with van der Waals surface area (Å²) in [5.41, 5.74) is 0. The minimum Gasteiger partial charge on any atom is -0.307 e. The molecule has 14 heavy (non-hydrogen) atoms. The first-order chi connectivity index (χ1) is 6.33. The Labute approximate surface area is 84.2 Å². The van der Waals surface area contributed by atoms with Crippen LogP contribution in [-0.4, -0.2) is 34.2 Å². The van der Waals surface area contributed by atoms with Crippen molar-refractivity contribution >= 4 is 17.7 Å². The average Bonchev–Trinajstić information content (AvgIpc) is 2.01. The summed E-state index contributed by atoms with van der Waals surface area (Å²) in [6, 6.07) is 0. The van der Waals surface area contributed by atoms with Gasteiger partial charge in [-0.1, -0.05) is 0 Å². The first-order valence-corrected chi connectivity index (χ1v) is 7.60. The molecular formula is C6H15O6PS. The molecule has 0 aromatic carbocycles. The summed E-state index contributed by atoms with van der Waals surface area (Å²) in [6.45, 7) is 3.60. The van der Waals surface area contributed by atoms with Crippen molar-refractivity contribution in [3.05, 3.63) is 0 Å².